The average molecular weight is 182 g/mol. The Bertz CT molecular complexity index is 203. The molecule has 0 aromatic heterocycles. The van der Waals surface area contributed by atoms with Gasteiger partial charge in [0.25, 0.3) is 0 Å². The van der Waals surface area contributed by atoms with Gasteiger partial charge in [-0.3, -0.25) is 0 Å². The summed E-state index contributed by atoms with van der Waals surface area (Å²) >= 11 is 0. The molecule has 2 aliphatic heterocycles. The van der Waals surface area contributed by atoms with Gasteiger partial charge >= 0.3 is 0 Å². The molecule has 0 saturated carbocycles. The SMILES string of the molecule is CN1CCCC(NC2=COCC2)C1. The van der Waals surface area contributed by atoms with Crippen molar-refractivity contribution in [3.63, 3.8) is 0 Å². The molecule has 1 unspecified atom stereocenters. The lowest BCUT2D eigenvalue weighted by Crippen LogP contribution is -2.43. The Hall–Kier alpha value is -0.700. The molecule has 0 aliphatic carbocycles. The third kappa shape index (κ3) is 2.37. The molecule has 0 spiro atoms. The van der Waals surface area contributed by atoms with Gasteiger partial charge in [0.1, 0.15) is 6.26 Å². The van der Waals surface area contributed by atoms with Crippen LogP contribution in [0.4, 0.5) is 0 Å². The number of likely N-dealkylation sites (N-methyl/N-ethyl adjacent to an activating group) is 1. The van der Waals surface area contributed by atoms with Gasteiger partial charge in [0.15, 0.2) is 0 Å². The monoisotopic (exact) mass is 182 g/mol. The second-order valence-electron chi connectivity index (χ2n) is 4.01. The number of likely N-dealkylation sites (tertiary alicyclic amines) is 1. The summed E-state index contributed by atoms with van der Waals surface area (Å²) in [6.45, 7) is 3.26. The van der Waals surface area contributed by atoms with E-state index in [1.165, 1.54) is 25.1 Å². The summed E-state index contributed by atoms with van der Waals surface area (Å²) in [5.74, 6) is 0. The van der Waals surface area contributed by atoms with E-state index in [9.17, 15) is 0 Å². The van der Waals surface area contributed by atoms with Gasteiger partial charge in [-0.15, -0.1) is 0 Å². The first-order chi connectivity index (χ1) is 6.34. The van der Waals surface area contributed by atoms with Crippen molar-refractivity contribution in [1.29, 1.82) is 0 Å². The minimum atomic E-state index is 0.631. The predicted molar refractivity (Wildman–Crippen MR) is 52.3 cm³/mol. The smallest absolute Gasteiger partial charge is 0.102 e. The summed E-state index contributed by atoms with van der Waals surface area (Å²) < 4.78 is 5.19. The van der Waals surface area contributed by atoms with Crippen molar-refractivity contribution in [2.75, 3.05) is 26.7 Å². The molecule has 0 bridgehead atoms. The Morgan fingerprint density at radius 1 is 1.62 bits per heavy atom. The zero-order valence-corrected chi connectivity index (χ0v) is 8.25. The van der Waals surface area contributed by atoms with E-state index < -0.39 is 0 Å². The number of nitrogens with one attached hydrogen (secondary N) is 1. The third-order valence-electron chi connectivity index (χ3n) is 2.73. The molecule has 2 heterocycles. The molecule has 3 nitrogen and oxygen atoms in total. The van der Waals surface area contributed by atoms with Gasteiger partial charge in [-0.25, -0.2) is 0 Å². The molecule has 1 fully saturated rings. The van der Waals surface area contributed by atoms with Crippen molar-refractivity contribution in [2.24, 2.45) is 0 Å². The van der Waals surface area contributed by atoms with Crippen LogP contribution in [0.2, 0.25) is 0 Å². The fraction of sp³-hybridized carbons (Fsp3) is 0.800. The fourth-order valence-corrected chi connectivity index (χ4v) is 2.04. The van der Waals surface area contributed by atoms with Crippen molar-refractivity contribution >= 4 is 0 Å². The first-order valence-electron chi connectivity index (χ1n) is 5.10. The maximum absolute atomic E-state index is 5.19. The van der Waals surface area contributed by atoms with Crippen LogP contribution in [-0.4, -0.2) is 37.7 Å². The largest absolute Gasteiger partial charge is 0.499 e. The Kier molecular flexibility index (Phi) is 2.74. The zero-order chi connectivity index (χ0) is 9.10. The standard InChI is InChI=1S/C10H18N2O/c1-12-5-2-3-9(7-12)11-10-4-6-13-8-10/h8-9,11H,2-7H2,1H3. The van der Waals surface area contributed by atoms with E-state index in [-0.39, 0.29) is 0 Å². The van der Waals surface area contributed by atoms with Gasteiger partial charge in [0.05, 0.1) is 6.61 Å². The number of hydrogen-bond acceptors (Lipinski definition) is 3. The van der Waals surface area contributed by atoms with Gasteiger partial charge in [-0.2, -0.15) is 0 Å². The number of rotatable bonds is 2. The summed E-state index contributed by atoms with van der Waals surface area (Å²) in [5, 5.41) is 3.54. The van der Waals surface area contributed by atoms with Gasteiger partial charge in [0, 0.05) is 24.7 Å². The van der Waals surface area contributed by atoms with E-state index in [0.717, 1.165) is 19.6 Å². The van der Waals surface area contributed by atoms with Crippen LogP contribution in [0.25, 0.3) is 0 Å². The van der Waals surface area contributed by atoms with Crippen LogP contribution in [0.1, 0.15) is 19.3 Å². The Morgan fingerprint density at radius 3 is 3.23 bits per heavy atom. The second-order valence-corrected chi connectivity index (χ2v) is 4.01. The van der Waals surface area contributed by atoms with E-state index in [2.05, 4.69) is 17.3 Å². The van der Waals surface area contributed by atoms with E-state index in [1.807, 2.05) is 6.26 Å². The average Bonchev–Trinajstić information content (AvgIpc) is 2.57. The topological polar surface area (TPSA) is 24.5 Å². The number of ether oxygens (including phenoxy) is 1. The quantitative estimate of drug-likeness (QED) is 0.687. The molecule has 0 aromatic rings. The minimum Gasteiger partial charge on any atom is -0.499 e. The van der Waals surface area contributed by atoms with Crippen LogP contribution in [0.5, 0.6) is 0 Å². The molecule has 1 atom stereocenters. The molecule has 1 saturated heterocycles. The van der Waals surface area contributed by atoms with E-state index in [4.69, 9.17) is 4.74 Å². The van der Waals surface area contributed by atoms with Crippen molar-refractivity contribution in [2.45, 2.75) is 25.3 Å². The first kappa shape index (κ1) is 8.88. The van der Waals surface area contributed by atoms with Crippen LogP contribution >= 0.6 is 0 Å². The second kappa shape index (κ2) is 4.01. The highest BCUT2D eigenvalue weighted by atomic mass is 16.5. The predicted octanol–water partition coefficient (Wildman–Crippen LogP) is 0.932. The van der Waals surface area contributed by atoms with Crippen LogP contribution in [-0.2, 0) is 4.74 Å². The first-order valence-corrected chi connectivity index (χ1v) is 5.10. The normalized spacial score (nSPS) is 29.6. The Balaban J connectivity index is 1.80. The number of nitrogens with zero attached hydrogens (tertiary/aromatic N) is 1. The molecule has 0 aromatic carbocycles. The zero-order valence-electron chi connectivity index (χ0n) is 8.25. The van der Waals surface area contributed by atoms with Gasteiger partial charge in [0.2, 0.25) is 0 Å². The fourth-order valence-electron chi connectivity index (χ4n) is 2.04. The number of hydrogen-bond donors (Lipinski definition) is 1. The van der Waals surface area contributed by atoms with Gasteiger partial charge in [-0.1, -0.05) is 0 Å². The summed E-state index contributed by atoms with van der Waals surface area (Å²) in [4.78, 5) is 2.39. The van der Waals surface area contributed by atoms with Crippen molar-refractivity contribution < 1.29 is 4.74 Å². The van der Waals surface area contributed by atoms with E-state index in [1.54, 1.807) is 0 Å². The lowest BCUT2D eigenvalue weighted by atomic mass is 10.1. The maximum atomic E-state index is 5.19. The summed E-state index contributed by atoms with van der Waals surface area (Å²) in [7, 11) is 2.19. The minimum absolute atomic E-state index is 0.631. The molecule has 2 rings (SSSR count). The molecular formula is C10H18N2O. The van der Waals surface area contributed by atoms with Crippen molar-refractivity contribution in [3.05, 3.63) is 12.0 Å². The van der Waals surface area contributed by atoms with E-state index in [0.29, 0.717) is 6.04 Å². The summed E-state index contributed by atoms with van der Waals surface area (Å²) in [5.41, 5.74) is 1.28. The van der Waals surface area contributed by atoms with Gasteiger partial charge < -0.3 is 15.0 Å². The molecule has 1 N–H and O–H groups in total. The molecule has 13 heavy (non-hydrogen) atoms. The molecule has 2 aliphatic rings. The van der Waals surface area contributed by atoms with Crippen LogP contribution in [0.15, 0.2) is 12.0 Å². The molecule has 0 radical (unpaired) electrons. The van der Waals surface area contributed by atoms with Crippen LogP contribution < -0.4 is 5.32 Å². The highest BCUT2D eigenvalue weighted by Crippen LogP contribution is 2.13. The number of piperidine rings is 1. The Morgan fingerprint density at radius 2 is 2.54 bits per heavy atom. The molecule has 0 amide bonds. The van der Waals surface area contributed by atoms with Crippen LogP contribution in [0.3, 0.4) is 0 Å². The van der Waals surface area contributed by atoms with E-state index >= 15 is 0 Å². The van der Waals surface area contributed by atoms with Crippen molar-refractivity contribution in [1.82, 2.24) is 10.2 Å². The highest BCUT2D eigenvalue weighted by molar-refractivity contribution is 5.02. The molecule has 74 valence electrons. The van der Waals surface area contributed by atoms with Crippen molar-refractivity contribution in [3.8, 4) is 0 Å². The maximum Gasteiger partial charge on any atom is 0.102 e. The van der Waals surface area contributed by atoms with Gasteiger partial charge in [-0.05, 0) is 26.4 Å². The third-order valence-corrected chi connectivity index (χ3v) is 2.73. The summed E-state index contributed by atoms with van der Waals surface area (Å²) in [6.07, 6.45) is 5.53. The lowest BCUT2D eigenvalue weighted by molar-refractivity contribution is 0.234. The summed E-state index contributed by atoms with van der Waals surface area (Å²) in [6, 6.07) is 0.631. The van der Waals surface area contributed by atoms with Crippen LogP contribution in [0, 0.1) is 0 Å². The molecular weight excluding hydrogens is 164 g/mol. The Labute approximate surface area is 79.7 Å². The highest BCUT2D eigenvalue weighted by Gasteiger charge is 2.18. The lowest BCUT2D eigenvalue weighted by Gasteiger charge is -2.30. The molecule has 3 heteroatoms.